The zero-order valence-corrected chi connectivity index (χ0v) is 19.4. The van der Waals surface area contributed by atoms with Crippen molar-refractivity contribution in [2.24, 2.45) is 10.9 Å². The summed E-state index contributed by atoms with van der Waals surface area (Å²) >= 11 is 0. The summed E-state index contributed by atoms with van der Waals surface area (Å²) in [6.45, 7) is 7.42. The third kappa shape index (κ3) is 10.8. The molecule has 0 radical (unpaired) electrons. The van der Waals surface area contributed by atoms with Crippen LogP contribution in [0.15, 0.2) is 29.3 Å². The van der Waals surface area contributed by atoms with E-state index in [0.717, 1.165) is 11.3 Å². The largest absolute Gasteiger partial charge is 0.493 e. The number of sulfone groups is 1. The summed E-state index contributed by atoms with van der Waals surface area (Å²) in [4.78, 5) is 4.20. The molecular weight excluding hydrogens is 465 g/mol. The molecule has 2 N–H and O–H groups in total. The maximum Gasteiger partial charge on any atom is 0.191 e. The third-order valence-corrected chi connectivity index (χ3v) is 4.50. The minimum atomic E-state index is -2.95. The lowest BCUT2D eigenvalue weighted by atomic mass is 10.2. The minimum absolute atomic E-state index is 0. The Morgan fingerprint density at radius 3 is 2.46 bits per heavy atom. The van der Waals surface area contributed by atoms with E-state index < -0.39 is 9.84 Å². The second-order valence-corrected chi connectivity index (χ2v) is 8.96. The Balaban J connectivity index is 0.00000625. The number of nitrogens with one attached hydrogen (secondary N) is 2. The molecule has 0 fully saturated rings. The second-order valence-electron chi connectivity index (χ2n) is 6.70. The Kier molecular flexibility index (Phi) is 11.9. The van der Waals surface area contributed by atoms with E-state index in [1.54, 1.807) is 7.05 Å². The van der Waals surface area contributed by atoms with Crippen LogP contribution in [-0.2, 0) is 16.4 Å². The van der Waals surface area contributed by atoms with Gasteiger partial charge in [0.2, 0.25) is 0 Å². The highest BCUT2D eigenvalue weighted by Crippen LogP contribution is 2.18. The average molecular weight is 497 g/mol. The molecule has 0 amide bonds. The number of hydrogen-bond donors (Lipinski definition) is 2. The normalized spacial score (nSPS) is 13.1. The molecule has 6 nitrogen and oxygen atoms in total. The SMILES string of the molecule is CN=C(NCc1ccccc1OCC(C)C)NC(C)CCS(C)(=O)=O.I. The van der Waals surface area contributed by atoms with Gasteiger partial charge in [0.25, 0.3) is 0 Å². The molecule has 150 valence electrons. The summed E-state index contributed by atoms with van der Waals surface area (Å²) in [5.41, 5.74) is 1.05. The van der Waals surface area contributed by atoms with Gasteiger partial charge in [-0.15, -0.1) is 24.0 Å². The first-order valence-electron chi connectivity index (χ1n) is 8.57. The molecule has 0 spiro atoms. The standard InChI is InChI=1S/C18H31N3O3S.HI/c1-14(2)13-24-17-9-7-6-8-16(17)12-20-18(19-4)21-15(3)10-11-25(5,22)23;/h6-9,14-15H,10-13H2,1-5H3,(H2,19,20,21);1H. The fraction of sp³-hybridized carbons (Fsp3) is 0.611. The van der Waals surface area contributed by atoms with Gasteiger partial charge in [0.15, 0.2) is 5.96 Å². The maximum absolute atomic E-state index is 11.3. The molecule has 0 aromatic heterocycles. The lowest BCUT2D eigenvalue weighted by Crippen LogP contribution is -2.42. The second kappa shape index (κ2) is 12.4. The van der Waals surface area contributed by atoms with Gasteiger partial charge in [-0.2, -0.15) is 0 Å². The van der Waals surface area contributed by atoms with E-state index in [1.807, 2.05) is 31.2 Å². The Hall–Kier alpha value is -1.03. The van der Waals surface area contributed by atoms with Gasteiger partial charge in [0.1, 0.15) is 15.6 Å². The highest BCUT2D eigenvalue weighted by molar-refractivity contribution is 14.0. The fourth-order valence-corrected chi connectivity index (χ4v) is 2.90. The van der Waals surface area contributed by atoms with Crippen molar-refractivity contribution >= 4 is 39.8 Å². The lowest BCUT2D eigenvalue weighted by Gasteiger charge is -2.19. The number of rotatable bonds is 9. The lowest BCUT2D eigenvalue weighted by molar-refractivity contribution is 0.268. The van der Waals surface area contributed by atoms with Gasteiger partial charge >= 0.3 is 0 Å². The van der Waals surface area contributed by atoms with Crippen molar-refractivity contribution in [1.82, 2.24) is 10.6 Å². The minimum Gasteiger partial charge on any atom is -0.493 e. The first kappa shape index (κ1) is 25.0. The fourth-order valence-electron chi connectivity index (χ4n) is 2.12. The molecular formula is C18H32IN3O3S. The van der Waals surface area contributed by atoms with Crippen LogP contribution >= 0.6 is 24.0 Å². The van der Waals surface area contributed by atoms with Gasteiger partial charge in [-0.25, -0.2) is 8.42 Å². The maximum atomic E-state index is 11.3. The van der Waals surface area contributed by atoms with Crippen molar-refractivity contribution in [2.45, 2.75) is 39.8 Å². The van der Waals surface area contributed by atoms with Crippen LogP contribution in [0.25, 0.3) is 0 Å². The van der Waals surface area contributed by atoms with E-state index in [1.165, 1.54) is 6.26 Å². The van der Waals surface area contributed by atoms with Crippen molar-refractivity contribution in [2.75, 3.05) is 25.7 Å². The van der Waals surface area contributed by atoms with Crippen LogP contribution in [0.4, 0.5) is 0 Å². The summed E-state index contributed by atoms with van der Waals surface area (Å²) < 4.78 is 28.4. The van der Waals surface area contributed by atoms with Crippen molar-refractivity contribution in [3.05, 3.63) is 29.8 Å². The molecule has 0 aliphatic carbocycles. The predicted molar refractivity (Wildman–Crippen MR) is 119 cm³/mol. The number of aliphatic imine (C=N–C) groups is 1. The third-order valence-electron chi connectivity index (χ3n) is 3.52. The Bertz CT molecular complexity index is 663. The molecule has 8 heteroatoms. The van der Waals surface area contributed by atoms with Crippen LogP contribution in [-0.4, -0.2) is 46.1 Å². The number of guanidine groups is 1. The molecule has 1 atom stereocenters. The predicted octanol–water partition coefficient (Wildman–Crippen LogP) is 2.83. The van der Waals surface area contributed by atoms with Gasteiger partial charge in [-0.1, -0.05) is 32.0 Å². The quantitative estimate of drug-likeness (QED) is 0.312. The Labute approximate surface area is 175 Å². The van der Waals surface area contributed by atoms with Crippen molar-refractivity contribution in [3.8, 4) is 5.75 Å². The first-order chi connectivity index (χ1) is 11.7. The summed E-state index contributed by atoms with van der Waals surface area (Å²) in [5, 5.41) is 6.46. The summed E-state index contributed by atoms with van der Waals surface area (Å²) in [6.07, 6.45) is 1.79. The van der Waals surface area contributed by atoms with E-state index in [0.29, 0.717) is 31.4 Å². The van der Waals surface area contributed by atoms with Gasteiger partial charge in [0, 0.05) is 31.5 Å². The molecule has 0 aliphatic rings. The Morgan fingerprint density at radius 2 is 1.88 bits per heavy atom. The van der Waals surface area contributed by atoms with Crippen molar-refractivity contribution in [3.63, 3.8) is 0 Å². The molecule has 1 unspecified atom stereocenters. The van der Waals surface area contributed by atoms with Gasteiger partial charge in [-0.3, -0.25) is 4.99 Å². The molecule has 0 aliphatic heterocycles. The van der Waals surface area contributed by atoms with Crippen molar-refractivity contribution < 1.29 is 13.2 Å². The zero-order valence-electron chi connectivity index (χ0n) is 16.3. The number of halogens is 1. The molecule has 0 saturated carbocycles. The molecule has 1 rings (SSSR count). The highest BCUT2D eigenvalue weighted by Gasteiger charge is 2.10. The van der Waals surface area contributed by atoms with Crippen LogP contribution in [0.3, 0.4) is 0 Å². The molecule has 0 heterocycles. The number of benzene rings is 1. The van der Waals surface area contributed by atoms with Crippen molar-refractivity contribution in [1.29, 1.82) is 0 Å². The molecule has 0 saturated heterocycles. The van der Waals surface area contributed by atoms with E-state index >= 15 is 0 Å². The average Bonchev–Trinajstić information content (AvgIpc) is 2.54. The zero-order chi connectivity index (χ0) is 18.9. The smallest absolute Gasteiger partial charge is 0.191 e. The number of ether oxygens (including phenoxy) is 1. The van der Waals surface area contributed by atoms with Crippen LogP contribution in [0, 0.1) is 5.92 Å². The molecule has 26 heavy (non-hydrogen) atoms. The molecule has 1 aromatic rings. The number of para-hydroxylation sites is 1. The van der Waals surface area contributed by atoms with E-state index in [4.69, 9.17) is 4.74 Å². The molecule has 1 aromatic carbocycles. The summed E-state index contributed by atoms with van der Waals surface area (Å²) in [5.74, 6) is 2.12. The van der Waals surface area contributed by atoms with Gasteiger partial charge < -0.3 is 15.4 Å². The van der Waals surface area contributed by atoms with Gasteiger partial charge in [-0.05, 0) is 25.3 Å². The number of hydrogen-bond acceptors (Lipinski definition) is 4. The van der Waals surface area contributed by atoms with Crippen LogP contribution < -0.4 is 15.4 Å². The van der Waals surface area contributed by atoms with Crippen LogP contribution in [0.2, 0.25) is 0 Å². The summed E-state index contributed by atoms with van der Waals surface area (Å²) in [6, 6.07) is 7.92. The Morgan fingerprint density at radius 1 is 1.23 bits per heavy atom. The highest BCUT2D eigenvalue weighted by atomic mass is 127. The van der Waals surface area contributed by atoms with Gasteiger partial charge in [0.05, 0.1) is 12.4 Å². The van der Waals surface area contributed by atoms with E-state index in [2.05, 4.69) is 29.5 Å². The van der Waals surface area contributed by atoms with E-state index in [9.17, 15) is 8.42 Å². The van der Waals surface area contributed by atoms with Crippen LogP contribution in [0.1, 0.15) is 32.8 Å². The number of nitrogens with zero attached hydrogens (tertiary/aromatic N) is 1. The first-order valence-corrected chi connectivity index (χ1v) is 10.6. The van der Waals surface area contributed by atoms with Crippen LogP contribution in [0.5, 0.6) is 5.75 Å². The summed E-state index contributed by atoms with van der Waals surface area (Å²) in [7, 11) is -1.26. The van der Waals surface area contributed by atoms with E-state index in [-0.39, 0.29) is 35.8 Å². The molecule has 0 bridgehead atoms. The monoisotopic (exact) mass is 497 g/mol. The topological polar surface area (TPSA) is 79.8 Å².